The number of aromatic nitrogens is 3. The molecule has 0 unspecified atom stereocenters. The summed E-state index contributed by atoms with van der Waals surface area (Å²) in [5.41, 5.74) is 3.97. The lowest BCUT2D eigenvalue weighted by Crippen LogP contribution is -2.32. The SMILES string of the molecule is CC(C)c1ccc(Cl)cc1N1C(=O)CS/C1=N\C(=O)NCCCCc1cccc(-c2ncn(-c3ccc(OC(F)(F)F)cc3)n2)c1. The van der Waals surface area contributed by atoms with Crippen LogP contribution in [0.1, 0.15) is 43.7 Å². The third-order valence-electron chi connectivity index (χ3n) is 7.00. The maximum Gasteiger partial charge on any atom is 0.573 e. The number of amidine groups is 1. The summed E-state index contributed by atoms with van der Waals surface area (Å²) in [6.45, 7) is 4.47. The van der Waals surface area contributed by atoms with Crippen molar-refractivity contribution in [1.29, 1.82) is 0 Å². The first kappa shape index (κ1) is 33.0. The molecule has 2 heterocycles. The van der Waals surface area contributed by atoms with Crippen LogP contribution in [0.25, 0.3) is 17.1 Å². The topological polar surface area (TPSA) is 102 Å². The summed E-state index contributed by atoms with van der Waals surface area (Å²) < 4.78 is 42.7. The summed E-state index contributed by atoms with van der Waals surface area (Å²) in [5, 5.41) is 8.10. The molecule has 4 aromatic rings. The van der Waals surface area contributed by atoms with E-state index in [0.29, 0.717) is 40.4 Å². The first-order valence-corrected chi connectivity index (χ1v) is 15.8. The molecule has 0 aliphatic carbocycles. The molecule has 0 atom stereocenters. The van der Waals surface area contributed by atoms with Crippen LogP contribution in [0.3, 0.4) is 0 Å². The Bertz CT molecular complexity index is 1740. The maximum absolute atomic E-state index is 12.7. The highest BCUT2D eigenvalue weighted by molar-refractivity contribution is 8.15. The Morgan fingerprint density at radius 3 is 2.63 bits per heavy atom. The maximum atomic E-state index is 12.7. The zero-order valence-electron chi connectivity index (χ0n) is 24.9. The molecule has 14 heteroatoms. The third-order valence-corrected chi connectivity index (χ3v) is 8.16. The highest BCUT2D eigenvalue weighted by atomic mass is 35.5. The van der Waals surface area contributed by atoms with Gasteiger partial charge in [-0.05, 0) is 78.8 Å². The van der Waals surface area contributed by atoms with Gasteiger partial charge in [0.2, 0.25) is 5.91 Å². The molecular weight excluding hydrogens is 641 g/mol. The lowest BCUT2D eigenvalue weighted by atomic mass is 10.0. The van der Waals surface area contributed by atoms with Crippen molar-refractivity contribution in [3.63, 3.8) is 0 Å². The van der Waals surface area contributed by atoms with Crippen LogP contribution in [-0.2, 0) is 11.2 Å². The number of urea groups is 1. The normalized spacial score (nSPS) is 14.4. The minimum absolute atomic E-state index is 0.145. The zero-order chi connectivity index (χ0) is 32.8. The Labute approximate surface area is 272 Å². The van der Waals surface area contributed by atoms with Gasteiger partial charge in [0.1, 0.15) is 12.1 Å². The molecular formula is C32H30ClF3N6O3S. The van der Waals surface area contributed by atoms with E-state index in [1.807, 2.05) is 44.2 Å². The van der Waals surface area contributed by atoms with Crippen molar-refractivity contribution in [3.05, 3.63) is 89.2 Å². The van der Waals surface area contributed by atoms with Gasteiger partial charge < -0.3 is 10.1 Å². The summed E-state index contributed by atoms with van der Waals surface area (Å²) in [6, 6.07) is 18.0. The Kier molecular flexibility index (Phi) is 10.3. The van der Waals surface area contributed by atoms with Crippen molar-refractivity contribution in [1.82, 2.24) is 20.1 Å². The molecule has 1 saturated heterocycles. The van der Waals surface area contributed by atoms with Crippen LogP contribution in [0, 0.1) is 0 Å². The number of unbranched alkanes of at least 4 members (excludes halogenated alkanes) is 1. The number of hydrogen-bond acceptors (Lipinski definition) is 6. The largest absolute Gasteiger partial charge is 0.573 e. The van der Waals surface area contributed by atoms with Crippen LogP contribution in [0.5, 0.6) is 5.75 Å². The number of benzene rings is 3. The van der Waals surface area contributed by atoms with Gasteiger partial charge in [0, 0.05) is 17.1 Å². The van der Waals surface area contributed by atoms with Crippen molar-refractivity contribution in [3.8, 4) is 22.8 Å². The molecule has 46 heavy (non-hydrogen) atoms. The highest BCUT2D eigenvalue weighted by Gasteiger charge is 2.33. The number of ether oxygens (including phenoxy) is 1. The first-order chi connectivity index (χ1) is 22.0. The van der Waals surface area contributed by atoms with Crippen molar-refractivity contribution in [2.75, 3.05) is 17.2 Å². The number of aliphatic imine (C=N–C) groups is 1. The summed E-state index contributed by atoms with van der Waals surface area (Å²) >= 11 is 7.44. The average molecular weight is 671 g/mol. The molecule has 1 aromatic heterocycles. The van der Waals surface area contributed by atoms with Crippen molar-refractivity contribution >= 4 is 46.2 Å². The Balaban J connectivity index is 1.13. The molecule has 9 nitrogen and oxygen atoms in total. The number of rotatable bonds is 10. The molecule has 3 aromatic carbocycles. The lowest BCUT2D eigenvalue weighted by Gasteiger charge is -2.21. The quantitative estimate of drug-likeness (QED) is 0.173. The molecule has 0 spiro atoms. The van der Waals surface area contributed by atoms with E-state index in [4.69, 9.17) is 11.6 Å². The van der Waals surface area contributed by atoms with E-state index in [-0.39, 0.29) is 23.3 Å². The number of carbonyl (C=O) groups is 2. The smallest absolute Gasteiger partial charge is 0.406 e. The van der Waals surface area contributed by atoms with E-state index in [1.165, 1.54) is 51.9 Å². The van der Waals surface area contributed by atoms with E-state index in [1.54, 1.807) is 12.1 Å². The monoisotopic (exact) mass is 670 g/mol. The van der Waals surface area contributed by atoms with E-state index in [0.717, 1.165) is 29.5 Å². The minimum Gasteiger partial charge on any atom is -0.406 e. The number of carbonyl (C=O) groups excluding carboxylic acids is 2. The van der Waals surface area contributed by atoms with Crippen molar-refractivity contribution in [2.24, 2.45) is 4.99 Å². The van der Waals surface area contributed by atoms with Crippen LogP contribution in [0.2, 0.25) is 5.02 Å². The molecule has 240 valence electrons. The average Bonchev–Trinajstić information content (AvgIpc) is 3.63. The molecule has 3 amide bonds. The molecule has 0 radical (unpaired) electrons. The number of alkyl halides is 3. The predicted molar refractivity (Wildman–Crippen MR) is 173 cm³/mol. The summed E-state index contributed by atoms with van der Waals surface area (Å²) in [6.07, 6.45) is -1.00. The van der Waals surface area contributed by atoms with Crippen molar-refractivity contribution in [2.45, 2.75) is 45.4 Å². The highest BCUT2D eigenvalue weighted by Crippen LogP contribution is 2.35. The van der Waals surface area contributed by atoms with Crippen LogP contribution in [0.4, 0.5) is 23.7 Å². The zero-order valence-corrected chi connectivity index (χ0v) is 26.5. The van der Waals surface area contributed by atoms with E-state index in [2.05, 4.69) is 25.1 Å². The van der Waals surface area contributed by atoms with E-state index < -0.39 is 12.4 Å². The first-order valence-electron chi connectivity index (χ1n) is 14.5. The van der Waals surface area contributed by atoms with Crippen LogP contribution >= 0.6 is 23.4 Å². The molecule has 0 bridgehead atoms. The molecule has 1 aliphatic rings. The number of aryl methyl sites for hydroxylation is 1. The number of amides is 3. The molecule has 1 N–H and O–H groups in total. The minimum atomic E-state index is -4.76. The summed E-state index contributed by atoms with van der Waals surface area (Å²) in [4.78, 5) is 35.4. The van der Waals surface area contributed by atoms with Gasteiger partial charge in [-0.15, -0.1) is 18.3 Å². The van der Waals surface area contributed by atoms with Gasteiger partial charge in [-0.25, -0.2) is 14.5 Å². The van der Waals surface area contributed by atoms with Crippen LogP contribution < -0.4 is 15.0 Å². The number of nitrogens with zero attached hydrogens (tertiary/aromatic N) is 5. The Hall–Kier alpha value is -4.36. The van der Waals surface area contributed by atoms with Crippen LogP contribution in [-0.4, -0.2) is 50.5 Å². The standard InChI is InChI=1S/C32H30ClF3N6O3S/c1-20(2)26-14-9-23(33)17-27(26)42-28(43)18-46-31(42)39-30(44)37-15-4-3-6-21-7-5-8-22(16-21)29-38-19-41(40-29)24-10-12-25(13-11-24)45-32(34,35)36/h5,7-14,16-17,19-20H,3-4,6,15,18H2,1-2H3,(H,37,44)/b39-31-. The molecule has 0 saturated carbocycles. The Morgan fingerprint density at radius 2 is 1.89 bits per heavy atom. The summed E-state index contributed by atoms with van der Waals surface area (Å²) in [7, 11) is 0. The fourth-order valence-electron chi connectivity index (χ4n) is 4.84. The van der Waals surface area contributed by atoms with E-state index in [9.17, 15) is 22.8 Å². The molecule has 1 fully saturated rings. The second kappa shape index (κ2) is 14.4. The number of anilines is 1. The van der Waals surface area contributed by atoms with Gasteiger partial charge in [-0.2, -0.15) is 4.99 Å². The van der Waals surface area contributed by atoms with Gasteiger partial charge in [-0.3, -0.25) is 9.69 Å². The fourth-order valence-corrected chi connectivity index (χ4v) is 5.87. The van der Waals surface area contributed by atoms with E-state index >= 15 is 0 Å². The van der Waals surface area contributed by atoms with Gasteiger partial charge >= 0.3 is 12.4 Å². The number of thioether (sulfide) groups is 1. The lowest BCUT2D eigenvalue weighted by molar-refractivity contribution is -0.274. The number of hydrogen-bond donors (Lipinski definition) is 1. The van der Waals surface area contributed by atoms with Gasteiger partial charge in [0.05, 0.1) is 17.1 Å². The number of halogens is 4. The molecule has 1 aliphatic heterocycles. The predicted octanol–water partition coefficient (Wildman–Crippen LogP) is 7.78. The van der Waals surface area contributed by atoms with Gasteiger partial charge in [0.25, 0.3) is 0 Å². The summed E-state index contributed by atoms with van der Waals surface area (Å²) in [5.74, 6) is 0.338. The second-order valence-electron chi connectivity index (χ2n) is 10.7. The second-order valence-corrected chi connectivity index (χ2v) is 12.1. The van der Waals surface area contributed by atoms with Gasteiger partial charge in [-0.1, -0.05) is 61.5 Å². The Morgan fingerprint density at radius 1 is 1.11 bits per heavy atom. The van der Waals surface area contributed by atoms with Crippen molar-refractivity contribution < 1.29 is 27.5 Å². The fraction of sp³-hybridized carbons (Fsp3) is 0.281. The third kappa shape index (κ3) is 8.46. The number of nitrogens with one attached hydrogen (secondary N) is 1. The van der Waals surface area contributed by atoms with Gasteiger partial charge in [0.15, 0.2) is 11.0 Å². The molecule has 5 rings (SSSR count). The van der Waals surface area contributed by atoms with Crippen LogP contribution in [0.15, 0.2) is 78.0 Å².